The van der Waals surface area contributed by atoms with Gasteiger partial charge in [-0.1, -0.05) is 6.07 Å². The van der Waals surface area contributed by atoms with Gasteiger partial charge in [-0.25, -0.2) is 0 Å². The maximum absolute atomic E-state index is 12.2. The number of ether oxygens (including phenoxy) is 2. The number of benzene rings is 1. The number of alkyl halides is 2. The van der Waals surface area contributed by atoms with E-state index in [1.54, 1.807) is 6.07 Å². The Labute approximate surface area is 97.3 Å². The molecule has 2 rings (SSSR count). The van der Waals surface area contributed by atoms with E-state index in [0.29, 0.717) is 18.8 Å². The van der Waals surface area contributed by atoms with Gasteiger partial charge in [-0.3, -0.25) is 4.79 Å². The van der Waals surface area contributed by atoms with Crippen molar-refractivity contribution in [3.05, 3.63) is 23.8 Å². The van der Waals surface area contributed by atoms with Crippen LogP contribution in [0, 0.1) is 5.92 Å². The van der Waals surface area contributed by atoms with Crippen molar-refractivity contribution in [1.29, 1.82) is 0 Å². The zero-order chi connectivity index (χ0) is 12.3. The zero-order valence-corrected chi connectivity index (χ0v) is 9.07. The second-order valence-corrected chi connectivity index (χ2v) is 3.93. The summed E-state index contributed by atoms with van der Waals surface area (Å²) in [6.45, 7) is -2.50. The number of carbonyl (C=O) groups excluding carboxylic acids is 1. The molecule has 1 saturated carbocycles. The lowest BCUT2D eigenvalue weighted by Crippen LogP contribution is -2.08. The second kappa shape index (κ2) is 5.12. The van der Waals surface area contributed by atoms with Crippen LogP contribution in [0.15, 0.2) is 18.2 Å². The van der Waals surface area contributed by atoms with E-state index in [4.69, 9.17) is 4.74 Å². The van der Waals surface area contributed by atoms with Gasteiger partial charge in [0.1, 0.15) is 0 Å². The Kier molecular flexibility index (Phi) is 3.56. The topological polar surface area (TPSA) is 35.5 Å². The lowest BCUT2D eigenvalue weighted by Gasteiger charge is -2.13. The van der Waals surface area contributed by atoms with Crippen LogP contribution in [-0.2, 0) is 0 Å². The van der Waals surface area contributed by atoms with Crippen LogP contribution in [0.25, 0.3) is 0 Å². The van der Waals surface area contributed by atoms with Gasteiger partial charge in [0.2, 0.25) is 0 Å². The monoisotopic (exact) mass is 242 g/mol. The van der Waals surface area contributed by atoms with Gasteiger partial charge in [0.25, 0.3) is 0 Å². The molecule has 3 nitrogen and oxygen atoms in total. The summed E-state index contributed by atoms with van der Waals surface area (Å²) in [4.78, 5) is 10.7. The predicted molar refractivity (Wildman–Crippen MR) is 56.7 cm³/mol. The lowest BCUT2D eigenvalue weighted by molar-refractivity contribution is -0.0517. The number of hydrogen-bond acceptors (Lipinski definition) is 3. The molecule has 0 atom stereocenters. The van der Waals surface area contributed by atoms with Crippen LogP contribution in [-0.4, -0.2) is 19.5 Å². The first-order chi connectivity index (χ1) is 8.20. The highest BCUT2D eigenvalue weighted by Gasteiger charge is 2.23. The maximum atomic E-state index is 12.2. The van der Waals surface area contributed by atoms with Crippen molar-refractivity contribution in [1.82, 2.24) is 0 Å². The molecule has 0 unspecified atom stereocenters. The summed E-state index contributed by atoms with van der Waals surface area (Å²) in [6, 6.07) is 4.51. The molecule has 0 N–H and O–H groups in total. The van der Waals surface area contributed by atoms with Crippen molar-refractivity contribution < 1.29 is 23.0 Å². The Morgan fingerprint density at radius 2 is 2.18 bits per heavy atom. The highest BCUT2D eigenvalue weighted by Crippen LogP contribution is 2.35. The fourth-order valence-electron chi connectivity index (χ4n) is 1.45. The third kappa shape index (κ3) is 3.15. The number of carbonyl (C=O) groups is 1. The maximum Gasteiger partial charge on any atom is 0.387 e. The average Bonchev–Trinajstić information content (AvgIpc) is 3.10. The highest BCUT2D eigenvalue weighted by molar-refractivity contribution is 5.81. The van der Waals surface area contributed by atoms with Crippen molar-refractivity contribution in [2.24, 2.45) is 5.92 Å². The summed E-state index contributed by atoms with van der Waals surface area (Å²) in [5.41, 5.74) is 0.0681. The number of aldehydes is 1. The summed E-state index contributed by atoms with van der Waals surface area (Å²) >= 11 is 0. The molecule has 0 spiro atoms. The molecule has 1 aromatic carbocycles. The van der Waals surface area contributed by atoms with Crippen LogP contribution in [0.5, 0.6) is 11.5 Å². The van der Waals surface area contributed by atoms with E-state index in [1.807, 2.05) is 0 Å². The first-order valence-electron chi connectivity index (χ1n) is 5.36. The summed E-state index contributed by atoms with van der Waals surface area (Å²) in [6.07, 6.45) is 2.67. The van der Waals surface area contributed by atoms with Gasteiger partial charge in [0.05, 0.1) is 12.2 Å². The van der Waals surface area contributed by atoms with E-state index in [1.165, 1.54) is 12.1 Å². The molecule has 0 heterocycles. The fourth-order valence-corrected chi connectivity index (χ4v) is 1.45. The molecule has 92 valence electrons. The first kappa shape index (κ1) is 11.8. The Hall–Kier alpha value is -1.65. The number of rotatable bonds is 6. The Morgan fingerprint density at radius 3 is 2.76 bits per heavy atom. The van der Waals surface area contributed by atoms with Gasteiger partial charge in [-0.05, 0) is 30.9 Å². The van der Waals surface area contributed by atoms with Crippen LogP contribution in [0.2, 0.25) is 0 Å². The van der Waals surface area contributed by atoms with Crippen LogP contribution in [0.1, 0.15) is 23.2 Å². The number of para-hydroxylation sites is 1. The van der Waals surface area contributed by atoms with Gasteiger partial charge in [0.15, 0.2) is 17.8 Å². The van der Waals surface area contributed by atoms with Crippen LogP contribution < -0.4 is 9.47 Å². The lowest BCUT2D eigenvalue weighted by atomic mass is 10.2. The first-order valence-corrected chi connectivity index (χ1v) is 5.36. The van der Waals surface area contributed by atoms with Gasteiger partial charge in [-0.2, -0.15) is 8.78 Å². The summed E-state index contributed by atoms with van der Waals surface area (Å²) in [7, 11) is 0. The molecule has 1 aliphatic rings. The molecular formula is C12H12F2O3. The molecule has 0 radical (unpaired) electrons. The number of halogens is 2. The minimum absolute atomic E-state index is 0.0681. The van der Waals surface area contributed by atoms with Crippen molar-refractivity contribution in [2.45, 2.75) is 19.5 Å². The average molecular weight is 242 g/mol. The Balaban J connectivity index is 2.17. The predicted octanol–water partition coefficient (Wildman–Crippen LogP) is 2.89. The van der Waals surface area contributed by atoms with Crippen molar-refractivity contribution in [3.63, 3.8) is 0 Å². The van der Waals surface area contributed by atoms with Crippen LogP contribution in [0.3, 0.4) is 0 Å². The molecule has 1 aliphatic carbocycles. The third-order valence-corrected chi connectivity index (χ3v) is 2.51. The summed E-state index contributed by atoms with van der Waals surface area (Å²) in [5, 5.41) is 0. The Bertz CT molecular complexity index is 403. The van der Waals surface area contributed by atoms with Gasteiger partial charge < -0.3 is 9.47 Å². The van der Waals surface area contributed by atoms with Gasteiger partial charge >= 0.3 is 6.61 Å². The molecule has 0 saturated heterocycles. The largest absolute Gasteiger partial charge is 0.489 e. The number of hydrogen-bond donors (Lipinski definition) is 0. The Morgan fingerprint density at radius 1 is 1.41 bits per heavy atom. The molecule has 1 fully saturated rings. The fraction of sp³-hybridized carbons (Fsp3) is 0.417. The van der Waals surface area contributed by atoms with E-state index in [9.17, 15) is 13.6 Å². The van der Waals surface area contributed by atoms with Gasteiger partial charge in [0, 0.05) is 0 Å². The molecule has 0 amide bonds. The zero-order valence-electron chi connectivity index (χ0n) is 9.07. The standard InChI is InChI=1S/C12H12F2O3/c13-12(14)17-11-9(6-15)2-1-3-10(11)16-7-8-4-5-8/h1-3,6,8,12H,4-5,7H2. The van der Waals surface area contributed by atoms with Crippen molar-refractivity contribution in [3.8, 4) is 11.5 Å². The summed E-state index contributed by atoms with van der Waals surface area (Å²) < 4.78 is 34.2. The van der Waals surface area contributed by atoms with E-state index >= 15 is 0 Å². The van der Waals surface area contributed by atoms with E-state index in [0.717, 1.165) is 12.8 Å². The minimum atomic E-state index is -2.97. The molecular weight excluding hydrogens is 230 g/mol. The summed E-state index contributed by atoms with van der Waals surface area (Å²) in [5.74, 6) is 0.509. The molecule has 0 bridgehead atoms. The molecule has 0 aliphatic heterocycles. The molecule has 1 aromatic rings. The molecule has 17 heavy (non-hydrogen) atoms. The van der Waals surface area contributed by atoms with Crippen molar-refractivity contribution >= 4 is 6.29 Å². The quantitative estimate of drug-likeness (QED) is 0.719. The SMILES string of the molecule is O=Cc1cccc(OCC2CC2)c1OC(F)F. The van der Waals surface area contributed by atoms with E-state index in [-0.39, 0.29) is 17.1 Å². The van der Waals surface area contributed by atoms with Crippen molar-refractivity contribution in [2.75, 3.05) is 6.61 Å². The van der Waals surface area contributed by atoms with Crippen LogP contribution >= 0.6 is 0 Å². The highest BCUT2D eigenvalue weighted by atomic mass is 19.3. The van der Waals surface area contributed by atoms with Gasteiger partial charge in [-0.15, -0.1) is 0 Å². The second-order valence-electron chi connectivity index (χ2n) is 3.93. The van der Waals surface area contributed by atoms with E-state index in [2.05, 4.69) is 4.74 Å². The van der Waals surface area contributed by atoms with E-state index < -0.39 is 6.61 Å². The smallest absolute Gasteiger partial charge is 0.387 e. The normalized spacial score (nSPS) is 14.8. The minimum Gasteiger partial charge on any atom is -0.489 e. The molecule has 0 aromatic heterocycles. The molecule has 5 heteroatoms. The van der Waals surface area contributed by atoms with Crippen LogP contribution in [0.4, 0.5) is 8.78 Å². The third-order valence-electron chi connectivity index (χ3n) is 2.51.